The number of fused-ring (bicyclic) bond motifs is 1. The van der Waals surface area contributed by atoms with Gasteiger partial charge in [0.1, 0.15) is 6.10 Å². The molecule has 0 aromatic rings. The number of hydrogen-bond acceptors (Lipinski definition) is 4. The number of carbonyl (C=O) groups excluding carboxylic acids is 1. The molecule has 12 heavy (non-hydrogen) atoms. The normalized spacial score (nSPS) is 38.9. The van der Waals surface area contributed by atoms with Crippen molar-refractivity contribution in [3.05, 3.63) is 0 Å². The lowest BCUT2D eigenvalue weighted by Gasteiger charge is -2.19. The molecule has 2 rings (SSSR count). The highest BCUT2D eigenvalue weighted by Crippen LogP contribution is 2.32. The van der Waals surface area contributed by atoms with Gasteiger partial charge in [-0.3, -0.25) is 10.0 Å². The molecule has 0 aliphatic carbocycles. The first-order chi connectivity index (χ1) is 5.49. The smallest absolute Gasteiger partial charge is 0.278 e. The minimum atomic E-state index is -0.702. The third-order valence-corrected chi connectivity index (χ3v) is 2.03. The summed E-state index contributed by atoms with van der Waals surface area (Å²) in [5.74, 6) is -1.11. The molecule has 5 heteroatoms. The molecule has 0 radical (unpaired) electrons. The number of hydrogen-bond donors (Lipinski definition) is 1. The Morgan fingerprint density at radius 1 is 1.58 bits per heavy atom. The number of hydroxylamine groups is 2. The minimum absolute atomic E-state index is 0.201. The number of amides is 1. The van der Waals surface area contributed by atoms with Crippen molar-refractivity contribution in [3.8, 4) is 0 Å². The zero-order valence-corrected chi connectivity index (χ0v) is 6.98. The molecule has 0 bridgehead atoms. The van der Waals surface area contributed by atoms with E-state index in [9.17, 15) is 4.79 Å². The molecule has 1 N–H and O–H groups in total. The van der Waals surface area contributed by atoms with E-state index in [2.05, 4.69) is 0 Å². The van der Waals surface area contributed by atoms with Crippen molar-refractivity contribution in [3.63, 3.8) is 0 Å². The molecule has 2 atom stereocenters. The first-order valence-corrected chi connectivity index (χ1v) is 3.85. The first-order valence-electron chi connectivity index (χ1n) is 3.85. The predicted octanol–water partition coefficient (Wildman–Crippen LogP) is -0.262. The molecule has 2 saturated heterocycles. The molecule has 2 fully saturated rings. The van der Waals surface area contributed by atoms with Gasteiger partial charge in [0.2, 0.25) is 0 Å². The van der Waals surface area contributed by atoms with Gasteiger partial charge >= 0.3 is 0 Å². The summed E-state index contributed by atoms with van der Waals surface area (Å²) < 4.78 is 10.7. The van der Waals surface area contributed by atoms with E-state index in [-0.39, 0.29) is 12.6 Å². The third kappa shape index (κ3) is 1.01. The highest BCUT2D eigenvalue weighted by Gasteiger charge is 2.52. The highest BCUT2D eigenvalue weighted by atomic mass is 16.8. The van der Waals surface area contributed by atoms with E-state index in [0.29, 0.717) is 5.06 Å². The van der Waals surface area contributed by atoms with Gasteiger partial charge in [0.25, 0.3) is 5.91 Å². The van der Waals surface area contributed by atoms with Crippen LogP contribution in [0.15, 0.2) is 0 Å². The summed E-state index contributed by atoms with van der Waals surface area (Å²) in [6, 6.07) is 0. The van der Waals surface area contributed by atoms with E-state index in [1.807, 2.05) is 0 Å². The van der Waals surface area contributed by atoms with Gasteiger partial charge in [-0.15, -0.1) is 0 Å². The largest absolute Gasteiger partial charge is 0.342 e. The van der Waals surface area contributed by atoms with Crippen LogP contribution in [0.4, 0.5) is 0 Å². The van der Waals surface area contributed by atoms with Gasteiger partial charge < -0.3 is 9.47 Å². The van der Waals surface area contributed by atoms with Crippen molar-refractivity contribution in [2.75, 3.05) is 6.54 Å². The summed E-state index contributed by atoms with van der Waals surface area (Å²) in [6.07, 6.45) is -0.942. The topological polar surface area (TPSA) is 59.0 Å². The van der Waals surface area contributed by atoms with E-state index in [1.165, 1.54) is 0 Å². The molecular weight excluding hydrogens is 162 g/mol. The molecule has 0 saturated carbocycles. The highest BCUT2D eigenvalue weighted by molar-refractivity contribution is 5.83. The maximum absolute atomic E-state index is 11.1. The Morgan fingerprint density at radius 3 is 2.83 bits per heavy atom. The fourth-order valence-corrected chi connectivity index (χ4v) is 1.59. The van der Waals surface area contributed by atoms with Crippen LogP contribution in [0.25, 0.3) is 0 Å². The van der Waals surface area contributed by atoms with Crippen LogP contribution < -0.4 is 0 Å². The fourth-order valence-electron chi connectivity index (χ4n) is 1.59. The van der Waals surface area contributed by atoms with Crippen LogP contribution in [0.3, 0.4) is 0 Å². The quantitative estimate of drug-likeness (QED) is 0.512. The van der Waals surface area contributed by atoms with E-state index < -0.39 is 17.8 Å². The number of ether oxygens (including phenoxy) is 2. The zero-order valence-electron chi connectivity index (χ0n) is 6.98. The van der Waals surface area contributed by atoms with E-state index in [0.717, 1.165) is 0 Å². The number of rotatable bonds is 0. The Balaban J connectivity index is 2.16. The fraction of sp³-hybridized carbons (Fsp3) is 0.857. The maximum atomic E-state index is 11.1. The van der Waals surface area contributed by atoms with Crippen LogP contribution in [-0.4, -0.2) is 40.7 Å². The zero-order chi connectivity index (χ0) is 8.93. The number of nitrogens with zero attached hydrogens (tertiary/aromatic N) is 1. The van der Waals surface area contributed by atoms with Crippen molar-refractivity contribution < 1.29 is 19.5 Å². The molecule has 5 nitrogen and oxygen atoms in total. The molecule has 2 heterocycles. The summed E-state index contributed by atoms with van der Waals surface area (Å²) >= 11 is 0. The van der Waals surface area contributed by atoms with Crippen LogP contribution in [-0.2, 0) is 14.3 Å². The molecule has 0 aromatic carbocycles. The summed E-state index contributed by atoms with van der Waals surface area (Å²) in [7, 11) is 0. The summed E-state index contributed by atoms with van der Waals surface area (Å²) in [4.78, 5) is 11.1. The standard InChI is InChI=1S/C7H11NO4/c1-7(2)11-4-3-8(10)6(9)5(4)12-7/h4-5,10H,3H2,1-2H3/t4-,5-/m0/s1. The lowest BCUT2D eigenvalue weighted by molar-refractivity contribution is -0.193. The van der Waals surface area contributed by atoms with Gasteiger partial charge in [-0.1, -0.05) is 0 Å². The van der Waals surface area contributed by atoms with E-state index in [4.69, 9.17) is 14.7 Å². The Labute approximate surface area is 69.8 Å². The Kier molecular flexibility index (Phi) is 1.45. The second-order valence-corrected chi connectivity index (χ2v) is 3.51. The molecule has 68 valence electrons. The molecule has 0 unspecified atom stereocenters. The van der Waals surface area contributed by atoms with Crippen molar-refractivity contribution in [1.82, 2.24) is 5.06 Å². The van der Waals surface area contributed by atoms with Gasteiger partial charge in [-0.05, 0) is 13.8 Å². The van der Waals surface area contributed by atoms with Crippen LogP contribution >= 0.6 is 0 Å². The molecule has 0 spiro atoms. The van der Waals surface area contributed by atoms with Crippen LogP contribution in [0.1, 0.15) is 13.8 Å². The van der Waals surface area contributed by atoms with Crippen LogP contribution in [0, 0.1) is 0 Å². The van der Waals surface area contributed by atoms with Gasteiger partial charge in [0, 0.05) is 0 Å². The van der Waals surface area contributed by atoms with Crippen LogP contribution in [0.5, 0.6) is 0 Å². The van der Waals surface area contributed by atoms with Gasteiger partial charge in [0.15, 0.2) is 11.9 Å². The van der Waals surface area contributed by atoms with E-state index in [1.54, 1.807) is 13.8 Å². The van der Waals surface area contributed by atoms with Crippen molar-refractivity contribution >= 4 is 5.91 Å². The molecular formula is C7H11NO4. The van der Waals surface area contributed by atoms with Gasteiger partial charge in [0.05, 0.1) is 6.54 Å². The monoisotopic (exact) mass is 173 g/mol. The molecule has 0 aromatic heterocycles. The summed E-state index contributed by atoms with van der Waals surface area (Å²) in [5.41, 5.74) is 0. The first kappa shape index (κ1) is 7.97. The lowest BCUT2D eigenvalue weighted by atomic mass is 10.3. The molecule has 2 aliphatic rings. The SMILES string of the molecule is CC1(C)O[C@H]2CN(O)C(=O)[C@H]2O1. The number of carbonyl (C=O) groups is 1. The molecule has 1 amide bonds. The average molecular weight is 173 g/mol. The Bertz CT molecular complexity index is 227. The average Bonchev–Trinajstić information content (AvgIpc) is 2.33. The van der Waals surface area contributed by atoms with Gasteiger partial charge in [-0.2, -0.15) is 0 Å². The third-order valence-electron chi connectivity index (χ3n) is 2.03. The van der Waals surface area contributed by atoms with Crippen molar-refractivity contribution in [2.24, 2.45) is 0 Å². The molecule has 2 aliphatic heterocycles. The Hall–Kier alpha value is -0.650. The summed E-state index contributed by atoms with van der Waals surface area (Å²) in [5, 5.41) is 9.64. The lowest BCUT2D eigenvalue weighted by Crippen LogP contribution is -2.32. The van der Waals surface area contributed by atoms with Crippen molar-refractivity contribution in [2.45, 2.75) is 31.8 Å². The maximum Gasteiger partial charge on any atom is 0.278 e. The minimum Gasteiger partial charge on any atom is -0.342 e. The summed E-state index contributed by atoms with van der Waals surface area (Å²) in [6.45, 7) is 3.70. The van der Waals surface area contributed by atoms with Crippen molar-refractivity contribution in [1.29, 1.82) is 0 Å². The second-order valence-electron chi connectivity index (χ2n) is 3.51. The van der Waals surface area contributed by atoms with Crippen LogP contribution in [0.2, 0.25) is 0 Å². The second kappa shape index (κ2) is 2.18. The predicted molar refractivity (Wildman–Crippen MR) is 37.3 cm³/mol. The van der Waals surface area contributed by atoms with Gasteiger partial charge in [-0.25, -0.2) is 5.06 Å². The Morgan fingerprint density at radius 2 is 2.25 bits per heavy atom. The van der Waals surface area contributed by atoms with E-state index >= 15 is 0 Å².